The lowest BCUT2D eigenvalue weighted by Gasteiger charge is -2.29. The van der Waals surface area contributed by atoms with Crippen molar-refractivity contribution < 1.29 is 50.4 Å². The molecule has 0 heterocycles. The first-order valence-electron chi connectivity index (χ1n) is 13.6. The molecule has 0 saturated heterocycles. The monoisotopic (exact) mass is 524 g/mol. The molecule has 0 fully saturated rings. The third-order valence-corrected chi connectivity index (χ3v) is 6.60. The van der Waals surface area contributed by atoms with Gasteiger partial charge in [-0.1, -0.05) is 64.2 Å². The minimum Gasteiger partial charge on any atom is -0.463 e. The quantitative estimate of drug-likeness (QED) is 0.0621. The Kier molecular flexibility index (Phi) is 22.7. The van der Waals surface area contributed by atoms with Gasteiger partial charge in [-0.25, -0.2) is 0 Å². The molecule has 0 saturated carbocycles. The summed E-state index contributed by atoms with van der Waals surface area (Å²) in [5, 5.41) is 75.0. The Bertz CT molecular complexity index is 507. The highest BCUT2D eigenvalue weighted by atomic mass is 16.5. The predicted molar refractivity (Wildman–Crippen MR) is 135 cm³/mol. The zero-order valence-corrected chi connectivity index (χ0v) is 21.8. The summed E-state index contributed by atoms with van der Waals surface area (Å²) in [6, 6.07) is 0. The van der Waals surface area contributed by atoms with Crippen LogP contribution in [0.25, 0.3) is 0 Å². The van der Waals surface area contributed by atoms with Gasteiger partial charge in [0.25, 0.3) is 0 Å². The third kappa shape index (κ3) is 18.4. The van der Waals surface area contributed by atoms with Gasteiger partial charge in [-0.2, -0.15) is 0 Å². The van der Waals surface area contributed by atoms with E-state index in [9.17, 15) is 35.4 Å². The van der Waals surface area contributed by atoms with Crippen LogP contribution >= 0.6 is 0 Å². The molecular formula is C26H52O10. The van der Waals surface area contributed by atoms with Gasteiger partial charge < -0.3 is 45.6 Å². The van der Waals surface area contributed by atoms with E-state index < -0.39 is 56.1 Å². The number of hydrogen-bond acceptors (Lipinski definition) is 10. The highest BCUT2D eigenvalue weighted by Gasteiger charge is 2.33. The summed E-state index contributed by atoms with van der Waals surface area (Å²) >= 11 is 0. The van der Waals surface area contributed by atoms with Gasteiger partial charge in [-0.05, 0) is 31.6 Å². The van der Waals surface area contributed by atoms with Gasteiger partial charge in [0.1, 0.15) is 12.7 Å². The van der Waals surface area contributed by atoms with E-state index in [-0.39, 0.29) is 32.0 Å². The van der Waals surface area contributed by atoms with Crippen LogP contribution in [0.5, 0.6) is 0 Å². The Balaban J connectivity index is 4.49. The highest BCUT2D eigenvalue weighted by molar-refractivity contribution is 5.72. The van der Waals surface area contributed by atoms with E-state index in [0.717, 1.165) is 64.2 Å². The molecule has 0 aliphatic carbocycles. The number of aliphatic hydroxyl groups excluding tert-OH is 8. The first kappa shape index (κ1) is 35.2. The minimum absolute atomic E-state index is 0.0632. The van der Waals surface area contributed by atoms with Crippen molar-refractivity contribution in [2.75, 3.05) is 33.0 Å². The molecule has 0 aromatic rings. The summed E-state index contributed by atoms with van der Waals surface area (Å²) in [4.78, 5) is 12.7. The van der Waals surface area contributed by atoms with Crippen LogP contribution < -0.4 is 0 Å². The predicted octanol–water partition coefficient (Wildman–Crippen LogP) is 0.636. The van der Waals surface area contributed by atoms with E-state index in [1.807, 2.05) is 0 Å². The second-order valence-corrected chi connectivity index (χ2v) is 9.93. The fraction of sp³-hybridized carbons (Fsp3) is 0.962. The van der Waals surface area contributed by atoms with Gasteiger partial charge in [0.2, 0.25) is 0 Å². The number of carbonyl (C=O) groups is 1. The third-order valence-electron chi connectivity index (χ3n) is 6.60. The van der Waals surface area contributed by atoms with E-state index in [4.69, 9.17) is 14.9 Å². The fourth-order valence-corrected chi connectivity index (χ4v) is 4.39. The Morgan fingerprint density at radius 1 is 0.528 bits per heavy atom. The molecule has 0 aromatic heterocycles. The van der Waals surface area contributed by atoms with Crippen molar-refractivity contribution in [3.05, 3.63) is 0 Å². The number of esters is 1. The zero-order valence-electron chi connectivity index (χ0n) is 21.8. The molecule has 36 heavy (non-hydrogen) atoms. The standard InChI is InChI=1S/C26H52O10/c27-15-21(31)12-10-8-6-4-2-1-3-5-7-9-11-20(13-22(32)16-28)25(14-23(33)17-29)26(35)36-19-24(34)18-30/h20-25,27-34H,1-19H2. The summed E-state index contributed by atoms with van der Waals surface area (Å²) in [5.41, 5.74) is 0. The molecule has 0 rings (SSSR count). The van der Waals surface area contributed by atoms with Crippen molar-refractivity contribution in [3.8, 4) is 0 Å². The topological polar surface area (TPSA) is 188 Å². The molecule has 0 aliphatic heterocycles. The maximum Gasteiger partial charge on any atom is 0.309 e. The molecule has 10 nitrogen and oxygen atoms in total. The normalized spacial score (nSPS) is 16.8. The molecule has 0 spiro atoms. The molecule has 6 atom stereocenters. The molecule has 6 unspecified atom stereocenters. The van der Waals surface area contributed by atoms with E-state index in [1.165, 1.54) is 0 Å². The van der Waals surface area contributed by atoms with E-state index >= 15 is 0 Å². The molecule has 216 valence electrons. The van der Waals surface area contributed by atoms with Gasteiger partial charge in [0.05, 0.1) is 50.7 Å². The molecule has 0 bridgehead atoms. The largest absolute Gasteiger partial charge is 0.463 e. The average molecular weight is 525 g/mol. The van der Waals surface area contributed by atoms with Crippen LogP contribution in [0.1, 0.15) is 89.9 Å². The van der Waals surface area contributed by atoms with Crippen LogP contribution in [-0.4, -0.2) is 104 Å². The highest BCUT2D eigenvalue weighted by Crippen LogP contribution is 2.30. The van der Waals surface area contributed by atoms with E-state index in [1.54, 1.807) is 0 Å². The van der Waals surface area contributed by atoms with Gasteiger partial charge in [-0.3, -0.25) is 4.79 Å². The molecule has 0 aromatic carbocycles. The summed E-state index contributed by atoms with van der Waals surface area (Å²) in [5.74, 6) is -1.87. The van der Waals surface area contributed by atoms with Gasteiger partial charge >= 0.3 is 5.97 Å². The number of aliphatic hydroxyl groups is 8. The van der Waals surface area contributed by atoms with E-state index in [2.05, 4.69) is 0 Å². The van der Waals surface area contributed by atoms with Crippen LogP contribution in [0.3, 0.4) is 0 Å². The number of carbonyl (C=O) groups excluding carboxylic acids is 1. The number of rotatable bonds is 25. The fourth-order valence-electron chi connectivity index (χ4n) is 4.39. The maximum atomic E-state index is 12.7. The average Bonchev–Trinajstić information content (AvgIpc) is 2.89. The molecular weight excluding hydrogens is 472 g/mol. The lowest BCUT2D eigenvalue weighted by molar-refractivity contribution is -0.156. The van der Waals surface area contributed by atoms with Crippen molar-refractivity contribution in [1.29, 1.82) is 0 Å². The second-order valence-electron chi connectivity index (χ2n) is 9.93. The van der Waals surface area contributed by atoms with Crippen molar-refractivity contribution in [1.82, 2.24) is 0 Å². The Labute approximate surface area is 215 Å². The molecule has 0 aliphatic rings. The lowest BCUT2D eigenvalue weighted by Crippen LogP contribution is -2.35. The number of unbranched alkanes of at least 4 members (excludes halogenated alkanes) is 9. The van der Waals surface area contributed by atoms with Gasteiger partial charge in [0.15, 0.2) is 0 Å². The first-order chi connectivity index (χ1) is 17.3. The van der Waals surface area contributed by atoms with Crippen LogP contribution in [0.15, 0.2) is 0 Å². The summed E-state index contributed by atoms with van der Waals surface area (Å²) in [7, 11) is 0. The first-order valence-corrected chi connectivity index (χ1v) is 13.6. The van der Waals surface area contributed by atoms with E-state index in [0.29, 0.717) is 12.8 Å². The summed E-state index contributed by atoms with van der Waals surface area (Å²) in [6.07, 6.45) is 7.77. The zero-order chi connectivity index (χ0) is 27.2. The maximum absolute atomic E-state index is 12.7. The van der Waals surface area contributed by atoms with Crippen LogP contribution in [-0.2, 0) is 9.53 Å². The smallest absolute Gasteiger partial charge is 0.309 e. The molecule has 0 amide bonds. The van der Waals surface area contributed by atoms with Crippen molar-refractivity contribution in [2.24, 2.45) is 11.8 Å². The van der Waals surface area contributed by atoms with Crippen molar-refractivity contribution >= 4 is 5.97 Å². The Morgan fingerprint density at radius 3 is 1.42 bits per heavy atom. The molecule has 10 heteroatoms. The number of ether oxygens (including phenoxy) is 1. The van der Waals surface area contributed by atoms with Crippen molar-refractivity contribution in [2.45, 2.75) is 114 Å². The Morgan fingerprint density at radius 2 is 0.944 bits per heavy atom. The summed E-state index contributed by atoms with van der Waals surface area (Å²) < 4.78 is 5.11. The second kappa shape index (κ2) is 23.3. The van der Waals surface area contributed by atoms with Gasteiger partial charge in [0, 0.05) is 0 Å². The summed E-state index contributed by atoms with van der Waals surface area (Å²) in [6.45, 7) is -2.10. The minimum atomic E-state index is -1.21. The van der Waals surface area contributed by atoms with Crippen LogP contribution in [0.2, 0.25) is 0 Å². The number of hydrogen-bond donors (Lipinski definition) is 8. The van der Waals surface area contributed by atoms with Crippen LogP contribution in [0.4, 0.5) is 0 Å². The van der Waals surface area contributed by atoms with Crippen LogP contribution in [0, 0.1) is 11.8 Å². The Hall–Kier alpha value is -0.850. The molecule has 8 N–H and O–H groups in total. The molecule has 0 radical (unpaired) electrons. The lowest BCUT2D eigenvalue weighted by atomic mass is 9.80. The SMILES string of the molecule is O=C(OCC(O)CO)C(CC(O)CO)C(CCCCCCCCCCCCC(O)CO)CC(O)CO. The van der Waals surface area contributed by atoms with Crippen molar-refractivity contribution in [3.63, 3.8) is 0 Å². The van der Waals surface area contributed by atoms with Gasteiger partial charge in [-0.15, -0.1) is 0 Å².